The van der Waals surface area contributed by atoms with Gasteiger partial charge in [0, 0.05) is 10.6 Å². The molecule has 3 rings (SSSR count). The van der Waals surface area contributed by atoms with Gasteiger partial charge in [0.05, 0.1) is 5.56 Å². The van der Waals surface area contributed by atoms with Gasteiger partial charge in [-0.05, 0) is 36.4 Å². The molecule has 0 unspecified atom stereocenters. The van der Waals surface area contributed by atoms with Crippen LogP contribution in [0, 0.1) is 5.82 Å². The topological polar surface area (TPSA) is 61.8 Å². The van der Waals surface area contributed by atoms with Crippen LogP contribution in [0.1, 0.15) is 20.7 Å². The lowest BCUT2D eigenvalue weighted by atomic mass is 10.1. The summed E-state index contributed by atoms with van der Waals surface area (Å²) in [4.78, 5) is 24.0. The number of ketones is 1. The molecule has 7 heteroatoms. The van der Waals surface area contributed by atoms with Crippen LogP contribution in [0.5, 0.6) is 11.5 Å². The first-order chi connectivity index (χ1) is 11.5. The van der Waals surface area contributed by atoms with Gasteiger partial charge >= 0.3 is 5.97 Å². The zero-order chi connectivity index (χ0) is 17.1. The van der Waals surface area contributed by atoms with E-state index in [0.29, 0.717) is 30.3 Å². The smallest absolute Gasteiger partial charge is 0.341 e. The van der Waals surface area contributed by atoms with E-state index in [-0.39, 0.29) is 10.6 Å². The molecule has 2 aromatic rings. The number of rotatable bonds is 4. The van der Waals surface area contributed by atoms with E-state index < -0.39 is 24.2 Å². The highest BCUT2D eigenvalue weighted by Crippen LogP contribution is 2.30. The largest absolute Gasteiger partial charge is 0.486 e. The Labute approximate surface area is 141 Å². The first kappa shape index (κ1) is 16.3. The van der Waals surface area contributed by atoms with Crippen molar-refractivity contribution < 1.29 is 28.2 Å². The van der Waals surface area contributed by atoms with Gasteiger partial charge in [0.1, 0.15) is 19.0 Å². The third-order valence-corrected chi connectivity index (χ3v) is 3.58. The zero-order valence-corrected chi connectivity index (χ0v) is 13.1. The van der Waals surface area contributed by atoms with Crippen LogP contribution in [-0.2, 0) is 4.74 Å². The van der Waals surface area contributed by atoms with Crippen molar-refractivity contribution >= 4 is 23.4 Å². The lowest BCUT2D eigenvalue weighted by Gasteiger charge is -2.18. The van der Waals surface area contributed by atoms with Crippen molar-refractivity contribution in [2.45, 2.75) is 0 Å². The number of carbonyl (C=O) groups is 2. The van der Waals surface area contributed by atoms with Crippen LogP contribution < -0.4 is 9.47 Å². The minimum Gasteiger partial charge on any atom is -0.486 e. The molecule has 0 bridgehead atoms. The Kier molecular flexibility index (Phi) is 4.66. The van der Waals surface area contributed by atoms with Crippen LogP contribution in [-0.4, -0.2) is 31.6 Å². The van der Waals surface area contributed by atoms with Crippen molar-refractivity contribution in [3.63, 3.8) is 0 Å². The Morgan fingerprint density at radius 1 is 1.08 bits per heavy atom. The summed E-state index contributed by atoms with van der Waals surface area (Å²) < 4.78 is 29.3. The van der Waals surface area contributed by atoms with Crippen molar-refractivity contribution in [2.24, 2.45) is 0 Å². The normalized spacial score (nSPS) is 12.6. The van der Waals surface area contributed by atoms with E-state index in [2.05, 4.69) is 0 Å². The molecular formula is C17H12ClFO5. The van der Waals surface area contributed by atoms with Gasteiger partial charge in [0.2, 0.25) is 0 Å². The maximum absolute atomic E-state index is 13.6. The molecule has 1 aliphatic heterocycles. The van der Waals surface area contributed by atoms with Crippen molar-refractivity contribution in [1.29, 1.82) is 0 Å². The van der Waals surface area contributed by atoms with Crippen molar-refractivity contribution in [3.8, 4) is 11.5 Å². The van der Waals surface area contributed by atoms with E-state index in [9.17, 15) is 14.0 Å². The third-order valence-electron chi connectivity index (χ3n) is 3.35. The van der Waals surface area contributed by atoms with Gasteiger partial charge in [-0.15, -0.1) is 0 Å². The predicted octanol–water partition coefficient (Wildman–Crippen LogP) is 3.29. The molecule has 124 valence electrons. The minimum atomic E-state index is -0.935. The summed E-state index contributed by atoms with van der Waals surface area (Å²) in [6.07, 6.45) is 0. The van der Waals surface area contributed by atoms with E-state index in [1.807, 2.05) is 0 Å². The highest BCUT2D eigenvalue weighted by atomic mass is 35.5. The number of ether oxygens (including phenoxy) is 3. The second-order valence-corrected chi connectivity index (χ2v) is 5.42. The fraction of sp³-hybridized carbons (Fsp3) is 0.176. The molecule has 0 amide bonds. The summed E-state index contributed by atoms with van der Waals surface area (Å²) in [6, 6.07) is 8.25. The molecule has 1 aliphatic rings. The van der Waals surface area contributed by atoms with Crippen molar-refractivity contribution in [3.05, 3.63) is 58.4 Å². The number of hydrogen-bond acceptors (Lipinski definition) is 5. The minimum absolute atomic E-state index is 0.163. The fourth-order valence-corrected chi connectivity index (χ4v) is 2.32. The maximum Gasteiger partial charge on any atom is 0.341 e. The fourth-order valence-electron chi connectivity index (χ4n) is 2.16. The Morgan fingerprint density at radius 2 is 1.83 bits per heavy atom. The van der Waals surface area contributed by atoms with Crippen LogP contribution in [0.15, 0.2) is 36.4 Å². The van der Waals surface area contributed by atoms with Gasteiger partial charge < -0.3 is 14.2 Å². The molecule has 0 saturated heterocycles. The van der Waals surface area contributed by atoms with E-state index in [4.69, 9.17) is 25.8 Å². The Balaban J connectivity index is 1.66. The molecule has 0 aliphatic carbocycles. The quantitative estimate of drug-likeness (QED) is 0.625. The molecule has 1 heterocycles. The van der Waals surface area contributed by atoms with Gasteiger partial charge in [-0.1, -0.05) is 11.6 Å². The van der Waals surface area contributed by atoms with Gasteiger partial charge in [0.25, 0.3) is 0 Å². The van der Waals surface area contributed by atoms with E-state index in [1.54, 1.807) is 12.1 Å². The van der Waals surface area contributed by atoms with E-state index in [1.165, 1.54) is 18.2 Å². The molecule has 0 aromatic heterocycles. The summed E-state index contributed by atoms with van der Waals surface area (Å²) in [5.41, 5.74) is 0.0259. The Hall–Kier alpha value is -2.60. The molecule has 0 spiro atoms. The van der Waals surface area contributed by atoms with Crippen molar-refractivity contribution in [2.75, 3.05) is 19.8 Å². The summed E-state index contributed by atoms with van der Waals surface area (Å²) in [5.74, 6) is -1.16. The van der Waals surface area contributed by atoms with Crippen LogP contribution in [0.2, 0.25) is 5.02 Å². The molecule has 0 N–H and O–H groups in total. The van der Waals surface area contributed by atoms with Crippen LogP contribution >= 0.6 is 11.6 Å². The van der Waals surface area contributed by atoms with Gasteiger partial charge in [-0.2, -0.15) is 0 Å². The molecular weight excluding hydrogens is 339 g/mol. The molecule has 0 saturated carbocycles. The highest BCUT2D eigenvalue weighted by molar-refractivity contribution is 6.30. The van der Waals surface area contributed by atoms with E-state index >= 15 is 0 Å². The highest BCUT2D eigenvalue weighted by Gasteiger charge is 2.18. The Bertz CT molecular complexity index is 806. The monoisotopic (exact) mass is 350 g/mol. The number of carbonyl (C=O) groups excluding carboxylic acids is 2. The number of esters is 1. The molecule has 0 atom stereocenters. The van der Waals surface area contributed by atoms with Crippen LogP contribution in [0.4, 0.5) is 4.39 Å². The lowest BCUT2D eigenvalue weighted by molar-refractivity contribution is 0.0470. The number of hydrogen-bond donors (Lipinski definition) is 0. The number of fused-ring (bicyclic) bond motifs is 1. The molecule has 0 radical (unpaired) electrons. The predicted molar refractivity (Wildman–Crippen MR) is 83.5 cm³/mol. The standard InChI is InChI=1S/C17H12ClFO5/c18-11-2-3-12(13(19)8-11)17(21)24-9-14(20)10-1-4-15-16(7-10)23-6-5-22-15/h1-4,7-8H,5-6,9H2. The van der Waals surface area contributed by atoms with Crippen LogP contribution in [0.25, 0.3) is 0 Å². The summed E-state index contributed by atoms with van der Waals surface area (Å²) in [7, 11) is 0. The van der Waals surface area contributed by atoms with E-state index in [0.717, 1.165) is 6.07 Å². The van der Waals surface area contributed by atoms with Gasteiger partial charge in [0.15, 0.2) is 23.9 Å². The molecule has 0 fully saturated rings. The number of halogens is 2. The lowest BCUT2D eigenvalue weighted by Crippen LogP contribution is -2.17. The maximum atomic E-state index is 13.6. The second kappa shape index (κ2) is 6.88. The Morgan fingerprint density at radius 3 is 2.58 bits per heavy atom. The third kappa shape index (κ3) is 3.49. The first-order valence-corrected chi connectivity index (χ1v) is 7.47. The van der Waals surface area contributed by atoms with Crippen LogP contribution in [0.3, 0.4) is 0 Å². The molecule has 5 nitrogen and oxygen atoms in total. The first-order valence-electron chi connectivity index (χ1n) is 7.09. The summed E-state index contributed by atoms with van der Waals surface area (Å²) in [6.45, 7) is 0.334. The molecule has 24 heavy (non-hydrogen) atoms. The van der Waals surface area contributed by atoms with Gasteiger partial charge in [-0.25, -0.2) is 9.18 Å². The number of Topliss-reactive ketones (excluding diaryl/α,β-unsaturated/α-hetero) is 1. The molecule has 2 aromatic carbocycles. The zero-order valence-electron chi connectivity index (χ0n) is 12.4. The average Bonchev–Trinajstić information content (AvgIpc) is 2.59. The summed E-state index contributed by atoms with van der Waals surface area (Å²) >= 11 is 5.62. The number of benzene rings is 2. The summed E-state index contributed by atoms with van der Waals surface area (Å²) in [5, 5.41) is 0.163. The van der Waals surface area contributed by atoms with Crippen molar-refractivity contribution in [1.82, 2.24) is 0 Å². The van der Waals surface area contributed by atoms with Gasteiger partial charge in [-0.3, -0.25) is 4.79 Å². The average molecular weight is 351 g/mol. The SMILES string of the molecule is O=C(COC(=O)c1ccc(Cl)cc1F)c1ccc2c(c1)OCCO2. The second-order valence-electron chi connectivity index (χ2n) is 4.98.